The first-order valence-electron chi connectivity index (χ1n) is 12.5. The summed E-state index contributed by atoms with van der Waals surface area (Å²) in [5, 5.41) is 4.94. The monoisotopic (exact) mass is 520 g/mol. The van der Waals surface area contributed by atoms with E-state index in [0.29, 0.717) is 57.6 Å². The summed E-state index contributed by atoms with van der Waals surface area (Å²) < 4.78 is 35.7. The molecule has 2 aromatic carbocycles. The largest absolute Gasteiger partial charge is 0.493 e. The Morgan fingerprint density at radius 3 is 2.03 bits per heavy atom. The number of hydrogen-bond acceptors (Lipinski definition) is 9. The summed E-state index contributed by atoms with van der Waals surface area (Å²) in [5.41, 5.74) is 2.26. The maximum atomic E-state index is 6.41. The fraction of sp³-hybridized carbons (Fsp3) is 0.393. The van der Waals surface area contributed by atoms with Gasteiger partial charge in [-0.15, -0.1) is 5.10 Å². The number of aromatic nitrogens is 4. The van der Waals surface area contributed by atoms with Gasteiger partial charge in [0.05, 0.1) is 41.2 Å². The maximum absolute atomic E-state index is 6.41. The number of ether oxygens (including phenoxy) is 6. The van der Waals surface area contributed by atoms with Gasteiger partial charge in [0.25, 0.3) is 0 Å². The Morgan fingerprint density at radius 1 is 0.763 bits per heavy atom. The summed E-state index contributed by atoms with van der Waals surface area (Å²) in [6, 6.07) is 9.05. The van der Waals surface area contributed by atoms with Crippen LogP contribution in [0.2, 0.25) is 0 Å². The molecule has 0 amide bonds. The number of hydrogen-bond donors (Lipinski definition) is 0. The summed E-state index contributed by atoms with van der Waals surface area (Å²) in [6.07, 6.45) is 4.52. The lowest BCUT2D eigenvalue weighted by Crippen LogP contribution is -2.07. The van der Waals surface area contributed by atoms with Gasteiger partial charge in [0, 0.05) is 23.6 Å². The zero-order valence-electron chi connectivity index (χ0n) is 22.5. The van der Waals surface area contributed by atoms with E-state index in [9.17, 15) is 0 Å². The van der Waals surface area contributed by atoms with Crippen molar-refractivity contribution in [2.75, 3.05) is 35.5 Å². The summed E-state index contributed by atoms with van der Waals surface area (Å²) in [4.78, 5) is 9.78. The minimum absolute atomic E-state index is 0.332. The van der Waals surface area contributed by atoms with E-state index in [0.717, 1.165) is 29.9 Å². The lowest BCUT2D eigenvalue weighted by atomic mass is 10.1. The van der Waals surface area contributed by atoms with Crippen molar-refractivity contribution < 1.29 is 28.4 Å². The van der Waals surface area contributed by atoms with Crippen LogP contribution in [0.5, 0.6) is 40.4 Å². The van der Waals surface area contributed by atoms with Gasteiger partial charge in [-0.3, -0.25) is 0 Å². The van der Waals surface area contributed by atoms with Crippen LogP contribution in [0.15, 0.2) is 30.3 Å². The first-order valence-corrected chi connectivity index (χ1v) is 12.5. The van der Waals surface area contributed by atoms with Gasteiger partial charge in [-0.2, -0.15) is 4.98 Å². The molecule has 0 radical (unpaired) electrons. The normalized spacial score (nSPS) is 13.5. The Balaban J connectivity index is 1.70. The molecule has 0 bridgehead atoms. The highest BCUT2D eigenvalue weighted by Gasteiger charge is 2.27. The molecule has 10 heteroatoms. The van der Waals surface area contributed by atoms with Crippen molar-refractivity contribution in [2.45, 2.75) is 38.5 Å². The van der Waals surface area contributed by atoms with Crippen LogP contribution in [-0.2, 0) is 0 Å². The molecule has 0 aliphatic heterocycles. The molecule has 1 aliphatic carbocycles. The topological polar surface area (TPSA) is 98.5 Å². The highest BCUT2D eigenvalue weighted by molar-refractivity contribution is 5.67. The predicted molar refractivity (Wildman–Crippen MR) is 141 cm³/mol. The molecule has 38 heavy (non-hydrogen) atoms. The SMILES string of the molecule is COc1ccc(-c2nc(Oc3cc(OC)c(OC)c(OC)c3)c3c(C)nc(C4CCCC4)n3n2)cc1OC. The van der Waals surface area contributed by atoms with Gasteiger partial charge in [0.1, 0.15) is 11.6 Å². The standard InChI is InChI=1S/C28H32N4O6/c1-16-24-28(38-19-14-22(35-4)25(37-6)23(15-19)36-5)30-26(18-11-12-20(33-2)21(13-18)34-3)31-32(24)27(29-16)17-9-7-8-10-17/h11-15,17H,7-10H2,1-6H3. The van der Waals surface area contributed by atoms with E-state index < -0.39 is 0 Å². The van der Waals surface area contributed by atoms with E-state index >= 15 is 0 Å². The molecule has 200 valence electrons. The summed E-state index contributed by atoms with van der Waals surface area (Å²) in [5.74, 6) is 5.20. The molecule has 1 saturated carbocycles. The van der Waals surface area contributed by atoms with Crippen molar-refractivity contribution in [1.29, 1.82) is 0 Å². The quantitative estimate of drug-likeness (QED) is 0.279. The van der Waals surface area contributed by atoms with Crippen LogP contribution in [0.3, 0.4) is 0 Å². The molecule has 4 aromatic rings. The molecule has 0 unspecified atom stereocenters. The number of rotatable bonds is 9. The summed E-state index contributed by atoms with van der Waals surface area (Å²) >= 11 is 0. The lowest BCUT2D eigenvalue weighted by Gasteiger charge is -2.15. The molecule has 0 saturated heterocycles. The maximum Gasteiger partial charge on any atom is 0.249 e. The van der Waals surface area contributed by atoms with Gasteiger partial charge in [-0.1, -0.05) is 12.8 Å². The van der Waals surface area contributed by atoms with Gasteiger partial charge in [0.15, 0.2) is 34.3 Å². The van der Waals surface area contributed by atoms with Crippen molar-refractivity contribution in [3.05, 3.63) is 41.9 Å². The smallest absolute Gasteiger partial charge is 0.249 e. The van der Waals surface area contributed by atoms with Gasteiger partial charge in [-0.25, -0.2) is 9.50 Å². The average Bonchev–Trinajstić information content (AvgIpc) is 3.60. The van der Waals surface area contributed by atoms with E-state index in [4.69, 9.17) is 43.5 Å². The highest BCUT2D eigenvalue weighted by atomic mass is 16.5. The van der Waals surface area contributed by atoms with Gasteiger partial charge < -0.3 is 28.4 Å². The molecule has 0 spiro atoms. The fourth-order valence-electron chi connectivity index (χ4n) is 5.00. The van der Waals surface area contributed by atoms with Crippen molar-refractivity contribution in [2.24, 2.45) is 0 Å². The van der Waals surface area contributed by atoms with Crippen LogP contribution in [0.1, 0.15) is 43.1 Å². The van der Waals surface area contributed by atoms with Crippen LogP contribution in [0.4, 0.5) is 0 Å². The Hall–Kier alpha value is -4.21. The molecule has 2 heterocycles. The fourth-order valence-corrected chi connectivity index (χ4v) is 5.00. The summed E-state index contributed by atoms with van der Waals surface area (Å²) in [7, 11) is 7.89. The minimum Gasteiger partial charge on any atom is -0.493 e. The zero-order valence-corrected chi connectivity index (χ0v) is 22.5. The van der Waals surface area contributed by atoms with Crippen molar-refractivity contribution in [3.63, 3.8) is 0 Å². The molecule has 1 fully saturated rings. The number of benzene rings is 2. The van der Waals surface area contributed by atoms with E-state index in [1.54, 1.807) is 47.7 Å². The first kappa shape index (κ1) is 25.4. The Labute approximate surface area is 221 Å². The van der Waals surface area contributed by atoms with Gasteiger partial charge in [0.2, 0.25) is 11.6 Å². The van der Waals surface area contributed by atoms with E-state index in [2.05, 4.69) is 0 Å². The van der Waals surface area contributed by atoms with Gasteiger partial charge in [-0.05, 0) is 38.0 Å². The third-order valence-corrected chi connectivity index (χ3v) is 6.87. The van der Waals surface area contributed by atoms with Crippen molar-refractivity contribution in [1.82, 2.24) is 19.6 Å². The van der Waals surface area contributed by atoms with Crippen LogP contribution >= 0.6 is 0 Å². The average molecular weight is 521 g/mol. The molecular weight excluding hydrogens is 488 g/mol. The molecule has 1 aliphatic rings. The third-order valence-electron chi connectivity index (χ3n) is 6.87. The summed E-state index contributed by atoms with van der Waals surface area (Å²) in [6.45, 7) is 1.95. The minimum atomic E-state index is 0.332. The zero-order chi connectivity index (χ0) is 26.8. The van der Waals surface area contributed by atoms with E-state index in [1.807, 2.05) is 29.6 Å². The first-order chi connectivity index (χ1) is 18.5. The van der Waals surface area contributed by atoms with E-state index in [-0.39, 0.29) is 0 Å². The molecule has 0 N–H and O–H groups in total. The number of imidazole rings is 1. The predicted octanol–water partition coefficient (Wildman–Crippen LogP) is 5.59. The molecule has 10 nitrogen and oxygen atoms in total. The molecule has 0 atom stereocenters. The van der Waals surface area contributed by atoms with Crippen molar-refractivity contribution >= 4 is 5.52 Å². The molecule has 2 aromatic heterocycles. The lowest BCUT2D eigenvalue weighted by molar-refractivity contribution is 0.320. The number of aryl methyl sites for hydroxylation is 1. The number of methoxy groups -OCH3 is 5. The molecular formula is C28H32N4O6. The highest BCUT2D eigenvalue weighted by Crippen LogP contribution is 2.43. The third kappa shape index (κ3) is 4.51. The van der Waals surface area contributed by atoms with Gasteiger partial charge >= 0.3 is 0 Å². The second-order valence-corrected chi connectivity index (χ2v) is 9.07. The Morgan fingerprint density at radius 2 is 1.42 bits per heavy atom. The molecule has 5 rings (SSSR count). The van der Waals surface area contributed by atoms with Crippen LogP contribution in [-0.4, -0.2) is 55.1 Å². The van der Waals surface area contributed by atoms with E-state index in [1.165, 1.54) is 12.8 Å². The van der Waals surface area contributed by atoms with Crippen molar-refractivity contribution in [3.8, 4) is 51.8 Å². The second kappa shape index (κ2) is 10.6. The van der Waals surface area contributed by atoms with Crippen LogP contribution in [0, 0.1) is 6.92 Å². The Bertz CT molecular complexity index is 1440. The second-order valence-electron chi connectivity index (χ2n) is 9.07. The Kier molecular flexibility index (Phi) is 7.13. The van der Waals surface area contributed by atoms with Crippen LogP contribution in [0.25, 0.3) is 16.9 Å². The number of fused-ring (bicyclic) bond motifs is 1. The number of nitrogens with zero attached hydrogens (tertiary/aromatic N) is 4. The van der Waals surface area contributed by atoms with Crippen LogP contribution < -0.4 is 28.4 Å².